The van der Waals surface area contributed by atoms with Gasteiger partial charge in [-0.1, -0.05) is 115 Å². The number of benzene rings is 1. The zero-order chi connectivity index (χ0) is 17.7. The molecule has 0 aromatic heterocycles. The molecule has 0 saturated heterocycles. The predicted molar refractivity (Wildman–Crippen MR) is 110 cm³/mol. The van der Waals surface area contributed by atoms with E-state index in [0.29, 0.717) is 0 Å². The third-order valence-electron chi connectivity index (χ3n) is 5.16. The lowest BCUT2D eigenvalue weighted by Crippen LogP contribution is -2.27. The van der Waals surface area contributed by atoms with Gasteiger partial charge in [0.2, 0.25) is 0 Å². The van der Waals surface area contributed by atoms with Crippen molar-refractivity contribution in [3.05, 3.63) is 35.9 Å². The number of hydrogen-bond acceptors (Lipinski definition) is 0. The molecule has 24 heavy (non-hydrogen) atoms. The molecule has 0 spiro atoms. The van der Waals surface area contributed by atoms with E-state index in [4.69, 9.17) is 11.6 Å². The molecule has 0 aliphatic rings. The summed E-state index contributed by atoms with van der Waals surface area (Å²) < 4.78 is 0. The van der Waals surface area contributed by atoms with Gasteiger partial charge in [0, 0.05) is 5.38 Å². The second-order valence-electron chi connectivity index (χ2n) is 8.09. The second kappa shape index (κ2) is 12.8. The first kappa shape index (κ1) is 21.6. The maximum atomic E-state index is 6.73. The Hall–Kier alpha value is -0.490. The van der Waals surface area contributed by atoms with Crippen LogP contribution in [0, 0.1) is 5.41 Å². The molecule has 1 aromatic carbocycles. The van der Waals surface area contributed by atoms with Gasteiger partial charge in [-0.15, -0.1) is 11.6 Å². The molecule has 1 unspecified atom stereocenters. The summed E-state index contributed by atoms with van der Waals surface area (Å²) in [7, 11) is 0. The lowest BCUT2D eigenvalue weighted by molar-refractivity contribution is 0.324. The van der Waals surface area contributed by atoms with Crippen LogP contribution in [0.1, 0.15) is 97.0 Å². The van der Waals surface area contributed by atoms with E-state index in [1.807, 2.05) is 0 Å². The van der Waals surface area contributed by atoms with Crippen LogP contribution in [0.2, 0.25) is 0 Å². The van der Waals surface area contributed by atoms with Crippen LogP contribution in [0.4, 0.5) is 0 Å². The minimum absolute atomic E-state index is 0.169. The molecule has 0 saturated carbocycles. The minimum Gasteiger partial charge on any atom is -0.122 e. The highest BCUT2D eigenvalue weighted by atomic mass is 35.5. The van der Waals surface area contributed by atoms with Gasteiger partial charge < -0.3 is 0 Å². The molecular formula is C23H39Cl. The molecule has 138 valence electrons. The van der Waals surface area contributed by atoms with E-state index in [1.54, 1.807) is 0 Å². The SMILES string of the molecule is CCCCCCCCCCCCC(Cl)C(C)(C)Cc1ccccc1. The van der Waals surface area contributed by atoms with E-state index in [0.717, 1.165) is 12.8 Å². The van der Waals surface area contributed by atoms with Crippen molar-refractivity contribution in [2.24, 2.45) is 5.41 Å². The van der Waals surface area contributed by atoms with Gasteiger partial charge >= 0.3 is 0 Å². The van der Waals surface area contributed by atoms with E-state index in [-0.39, 0.29) is 10.8 Å². The van der Waals surface area contributed by atoms with Gasteiger partial charge in [-0.05, 0) is 23.8 Å². The van der Waals surface area contributed by atoms with Crippen LogP contribution in [0.15, 0.2) is 30.3 Å². The van der Waals surface area contributed by atoms with Crippen LogP contribution in [-0.2, 0) is 6.42 Å². The molecule has 0 aliphatic carbocycles. The maximum absolute atomic E-state index is 6.73. The van der Waals surface area contributed by atoms with Gasteiger partial charge in [0.1, 0.15) is 0 Å². The maximum Gasteiger partial charge on any atom is 0.0390 e. The molecule has 1 heteroatoms. The predicted octanol–water partition coefficient (Wildman–Crippen LogP) is 8.17. The van der Waals surface area contributed by atoms with E-state index >= 15 is 0 Å². The van der Waals surface area contributed by atoms with E-state index in [2.05, 4.69) is 51.1 Å². The standard InChI is InChI=1S/C23H39Cl/c1-4-5-6-7-8-9-10-11-12-16-19-22(24)23(2,3)20-21-17-14-13-15-18-21/h13-15,17-18,22H,4-12,16,19-20H2,1-3H3. The summed E-state index contributed by atoms with van der Waals surface area (Å²) in [6.07, 6.45) is 16.1. The summed E-state index contributed by atoms with van der Waals surface area (Å²) in [4.78, 5) is 0. The largest absolute Gasteiger partial charge is 0.122 e. The van der Waals surface area contributed by atoms with Crippen molar-refractivity contribution < 1.29 is 0 Å². The molecule has 0 nitrogen and oxygen atoms in total. The lowest BCUT2D eigenvalue weighted by atomic mass is 9.80. The van der Waals surface area contributed by atoms with Gasteiger partial charge in [-0.25, -0.2) is 0 Å². The summed E-state index contributed by atoms with van der Waals surface area (Å²) in [6.45, 7) is 6.91. The van der Waals surface area contributed by atoms with Crippen molar-refractivity contribution in [3.63, 3.8) is 0 Å². The third-order valence-corrected chi connectivity index (χ3v) is 5.97. The molecule has 1 aromatic rings. The third kappa shape index (κ3) is 9.72. The topological polar surface area (TPSA) is 0 Å². The normalized spacial score (nSPS) is 13.2. The molecule has 0 aliphatic heterocycles. The van der Waals surface area contributed by atoms with Gasteiger partial charge in [0.05, 0.1) is 0 Å². The Morgan fingerprint density at radius 2 is 1.29 bits per heavy atom. The average Bonchev–Trinajstić information content (AvgIpc) is 2.57. The number of alkyl halides is 1. The Labute approximate surface area is 156 Å². The molecule has 0 N–H and O–H groups in total. The zero-order valence-electron chi connectivity index (χ0n) is 16.3. The van der Waals surface area contributed by atoms with Crippen LogP contribution < -0.4 is 0 Å². The first-order chi connectivity index (χ1) is 11.6. The summed E-state index contributed by atoms with van der Waals surface area (Å²) in [5.74, 6) is 0. The molecule has 0 radical (unpaired) electrons. The molecule has 0 fully saturated rings. The van der Waals surface area contributed by atoms with Crippen LogP contribution >= 0.6 is 11.6 Å². The summed E-state index contributed by atoms with van der Waals surface area (Å²) in [5.41, 5.74) is 1.57. The van der Waals surface area contributed by atoms with E-state index in [9.17, 15) is 0 Å². The molecule has 0 amide bonds. The zero-order valence-corrected chi connectivity index (χ0v) is 17.1. The van der Waals surface area contributed by atoms with Gasteiger partial charge in [-0.3, -0.25) is 0 Å². The van der Waals surface area contributed by atoms with Crippen LogP contribution in [0.3, 0.4) is 0 Å². The monoisotopic (exact) mass is 350 g/mol. The van der Waals surface area contributed by atoms with Gasteiger partial charge in [-0.2, -0.15) is 0 Å². The summed E-state index contributed by atoms with van der Waals surface area (Å²) >= 11 is 6.73. The van der Waals surface area contributed by atoms with Crippen molar-refractivity contribution in [1.82, 2.24) is 0 Å². The highest BCUT2D eigenvalue weighted by Gasteiger charge is 2.27. The Kier molecular flexibility index (Phi) is 11.5. The van der Waals surface area contributed by atoms with Crippen LogP contribution in [0.5, 0.6) is 0 Å². The van der Waals surface area contributed by atoms with E-state index < -0.39 is 0 Å². The highest BCUT2D eigenvalue weighted by molar-refractivity contribution is 6.21. The number of halogens is 1. The lowest BCUT2D eigenvalue weighted by Gasteiger charge is -2.30. The Morgan fingerprint density at radius 1 is 0.792 bits per heavy atom. The molecular weight excluding hydrogens is 312 g/mol. The van der Waals surface area contributed by atoms with Gasteiger partial charge in [0.15, 0.2) is 0 Å². The number of unbranched alkanes of at least 4 members (excludes halogenated alkanes) is 9. The quantitative estimate of drug-likeness (QED) is 0.234. The van der Waals surface area contributed by atoms with Crippen molar-refractivity contribution in [2.75, 3.05) is 0 Å². The fourth-order valence-electron chi connectivity index (χ4n) is 3.43. The van der Waals surface area contributed by atoms with Crippen molar-refractivity contribution in [2.45, 2.75) is 103 Å². The first-order valence-electron chi connectivity index (χ1n) is 10.2. The Bertz CT molecular complexity index is 396. The average molecular weight is 351 g/mol. The van der Waals surface area contributed by atoms with Gasteiger partial charge in [0.25, 0.3) is 0 Å². The fraction of sp³-hybridized carbons (Fsp3) is 0.739. The highest BCUT2D eigenvalue weighted by Crippen LogP contribution is 2.33. The first-order valence-corrected chi connectivity index (χ1v) is 10.7. The van der Waals surface area contributed by atoms with Crippen molar-refractivity contribution >= 4 is 11.6 Å². The molecule has 1 rings (SSSR count). The Balaban J connectivity index is 2.07. The molecule has 1 atom stereocenters. The second-order valence-corrected chi connectivity index (χ2v) is 8.62. The fourth-order valence-corrected chi connectivity index (χ4v) is 3.67. The number of rotatable bonds is 14. The molecule has 0 heterocycles. The summed E-state index contributed by atoms with van der Waals surface area (Å²) in [6, 6.07) is 10.8. The van der Waals surface area contributed by atoms with E-state index in [1.165, 1.54) is 69.8 Å². The minimum atomic E-state index is 0.169. The van der Waals surface area contributed by atoms with Crippen molar-refractivity contribution in [1.29, 1.82) is 0 Å². The summed E-state index contributed by atoms with van der Waals surface area (Å²) in [5, 5.41) is 0.270. The molecule has 0 bridgehead atoms. The van der Waals surface area contributed by atoms with Crippen LogP contribution in [-0.4, -0.2) is 5.38 Å². The van der Waals surface area contributed by atoms with Crippen molar-refractivity contribution in [3.8, 4) is 0 Å². The number of hydrogen-bond donors (Lipinski definition) is 0. The van der Waals surface area contributed by atoms with Crippen LogP contribution in [0.25, 0.3) is 0 Å². The smallest absolute Gasteiger partial charge is 0.0390 e. The Morgan fingerprint density at radius 3 is 1.83 bits per heavy atom.